The Labute approximate surface area is 101 Å². The summed E-state index contributed by atoms with van der Waals surface area (Å²) in [6, 6.07) is 0. The highest BCUT2D eigenvalue weighted by Crippen LogP contribution is 2.22. The van der Waals surface area contributed by atoms with Crippen molar-refractivity contribution in [1.29, 1.82) is 0 Å². The van der Waals surface area contributed by atoms with Crippen LogP contribution in [-0.4, -0.2) is 24.4 Å². The fourth-order valence-corrected chi connectivity index (χ4v) is 2.04. The largest absolute Gasteiger partial charge is 0.346 e. The van der Waals surface area contributed by atoms with Crippen LogP contribution in [0.3, 0.4) is 0 Å². The molecular formula is C14H29NO. The lowest BCUT2D eigenvalue weighted by molar-refractivity contribution is -0.129. The van der Waals surface area contributed by atoms with E-state index in [1.165, 1.54) is 32.1 Å². The van der Waals surface area contributed by atoms with Gasteiger partial charge in [-0.3, -0.25) is 4.79 Å². The van der Waals surface area contributed by atoms with Crippen LogP contribution in [0.1, 0.15) is 65.7 Å². The summed E-state index contributed by atoms with van der Waals surface area (Å²) in [7, 11) is 1.84. The van der Waals surface area contributed by atoms with E-state index in [0.29, 0.717) is 6.42 Å². The highest BCUT2D eigenvalue weighted by Gasteiger charge is 2.06. The first-order valence-corrected chi connectivity index (χ1v) is 6.85. The molecule has 2 heteroatoms. The smallest absolute Gasteiger partial charge is 0.222 e. The Morgan fingerprint density at radius 3 is 2.06 bits per heavy atom. The average Bonchev–Trinajstić information content (AvgIpc) is 2.30. The molecule has 0 radical (unpaired) electrons. The summed E-state index contributed by atoms with van der Waals surface area (Å²) in [5.41, 5.74) is 0. The Hall–Kier alpha value is -0.530. The Morgan fingerprint density at radius 2 is 1.75 bits per heavy atom. The van der Waals surface area contributed by atoms with Gasteiger partial charge >= 0.3 is 0 Å². The quantitative estimate of drug-likeness (QED) is 0.717. The van der Waals surface area contributed by atoms with Gasteiger partial charge in [0.2, 0.25) is 5.91 Å². The van der Waals surface area contributed by atoms with E-state index in [1.54, 1.807) is 4.90 Å². The van der Waals surface area contributed by atoms with Gasteiger partial charge < -0.3 is 4.90 Å². The zero-order valence-corrected chi connectivity index (χ0v) is 11.6. The van der Waals surface area contributed by atoms with E-state index < -0.39 is 0 Å². The van der Waals surface area contributed by atoms with E-state index in [0.717, 1.165) is 18.9 Å². The maximum Gasteiger partial charge on any atom is 0.222 e. The van der Waals surface area contributed by atoms with E-state index >= 15 is 0 Å². The molecule has 1 amide bonds. The van der Waals surface area contributed by atoms with Gasteiger partial charge in [-0.1, -0.05) is 52.9 Å². The van der Waals surface area contributed by atoms with Crippen molar-refractivity contribution in [1.82, 2.24) is 4.90 Å². The molecule has 16 heavy (non-hydrogen) atoms. The zero-order chi connectivity index (χ0) is 12.4. The topological polar surface area (TPSA) is 20.3 Å². The predicted molar refractivity (Wildman–Crippen MR) is 70.5 cm³/mol. The molecule has 2 nitrogen and oxygen atoms in total. The molecule has 0 atom stereocenters. The molecule has 1 aliphatic rings. The highest BCUT2D eigenvalue weighted by molar-refractivity contribution is 5.75. The van der Waals surface area contributed by atoms with Crippen LogP contribution in [-0.2, 0) is 4.79 Å². The second kappa shape index (κ2) is 9.68. The van der Waals surface area contributed by atoms with Gasteiger partial charge in [0.1, 0.15) is 0 Å². The summed E-state index contributed by atoms with van der Waals surface area (Å²) in [5.74, 6) is 1.27. The Bertz CT molecular complexity index is 174. The lowest BCUT2D eigenvalue weighted by atomic mass is 9.91. The minimum Gasteiger partial charge on any atom is -0.346 e. The van der Waals surface area contributed by atoms with Crippen molar-refractivity contribution in [3.8, 4) is 0 Å². The van der Waals surface area contributed by atoms with Crippen molar-refractivity contribution in [2.24, 2.45) is 5.92 Å². The molecule has 1 rings (SSSR count). The molecule has 0 N–H and O–H groups in total. The summed E-state index contributed by atoms with van der Waals surface area (Å²) >= 11 is 0. The SMILES string of the molecule is CC1CCCCC1.CCCN(C)C(=O)CC. The van der Waals surface area contributed by atoms with Crippen LogP contribution in [0.15, 0.2) is 0 Å². The third-order valence-corrected chi connectivity index (χ3v) is 3.18. The molecule has 96 valence electrons. The van der Waals surface area contributed by atoms with Crippen LogP contribution in [0.25, 0.3) is 0 Å². The molecule has 0 spiro atoms. The number of carbonyl (C=O) groups is 1. The first kappa shape index (κ1) is 15.5. The van der Waals surface area contributed by atoms with E-state index in [2.05, 4.69) is 13.8 Å². The Kier molecular flexibility index (Phi) is 9.36. The minimum absolute atomic E-state index is 0.233. The Balaban J connectivity index is 0.000000288. The van der Waals surface area contributed by atoms with Crippen molar-refractivity contribution in [2.75, 3.05) is 13.6 Å². The van der Waals surface area contributed by atoms with Gasteiger partial charge in [-0.15, -0.1) is 0 Å². The fraction of sp³-hybridized carbons (Fsp3) is 0.929. The first-order valence-electron chi connectivity index (χ1n) is 6.85. The van der Waals surface area contributed by atoms with Crippen LogP contribution in [0.4, 0.5) is 0 Å². The lowest BCUT2D eigenvalue weighted by Crippen LogP contribution is -2.26. The van der Waals surface area contributed by atoms with E-state index in [9.17, 15) is 4.79 Å². The third kappa shape index (κ3) is 7.72. The van der Waals surface area contributed by atoms with Crippen LogP contribution in [0, 0.1) is 5.92 Å². The van der Waals surface area contributed by atoms with Crippen molar-refractivity contribution in [2.45, 2.75) is 65.7 Å². The van der Waals surface area contributed by atoms with Gasteiger partial charge in [-0.25, -0.2) is 0 Å². The molecule has 1 aliphatic carbocycles. The van der Waals surface area contributed by atoms with Crippen molar-refractivity contribution in [3.05, 3.63) is 0 Å². The molecule has 1 saturated carbocycles. The van der Waals surface area contributed by atoms with Gasteiger partial charge in [0.05, 0.1) is 0 Å². The van der Waals surface area contributed by atoms with Crippen LogP contribution < -0.4 is 0 Å². The molecule has 0 saturated heterocycles. The van der Waals surface area contributed by atoms with Crippen molar-refractivity contribution in [3.63, 3.8) is 0 Å². The number of hydrogen-bond donors (Lipinski definition) is 0. The molecular weight excluding hydrogens is 198 g/mol. The van der Waals surface area contributed by atoms with Crippen molar-refractivity contribution >= 4 is 5.91 Å². The first-order chi connectivity index (χ1) is 7.61. The standard InChI is InChI=1S/C7H15NO.C7H14/c1-4-6-8(3)7(9)5-2;1-7-5-3-2-4-6-7/h4-6H2,1-3H3;7H,2-6H2,1H3. The molecule has 1 fully saturated rings. The molecule has 0 bridgehead atoms. The maximum absolute atomic E-state index is 10.8. The average molecular weight is 227 g/mol. The summed E-state index contributed by atoms with van der Waals surface area (Å²) in [5, 5.41) is 0. The zero-order valence-electron chi connectivity index (χ0n) is 11.6. The molecule has 0 aromatic carbocycles. The second-order valence-corrected chi connectivity index (χ2v) is 4.91. The lowest BCUT2D eigenvalue weighted by Gasteiger charge is -2.15. The van der Waals surface area contributed by atoms with Gasteiger partial charge in [-0.2, -0.15) is 0 Å². The summed E-state index contributed by atoms with van der Waals surface area (Å²) in [6.07, 6.45) is 9.10. The third-order valence-electron chi connectivity index (χ3n) is 3.18. The van der Waals surface area contributed by atoms with E-state index in [-0.39, 0.29) is 5.91 Å². The van der Waals surface area contributed by atoms with Crippen molar-refractivity contribution < 1.29 is 4.79 Å². The number of amides is 1. The molecule has 0 heterocycles. The van der Waals surface area contributed by atoms with Gasteiger partial charge in [-0.05, 0) is 12.3 Å². The molecule has 0 aromatic heterocycles. The van der Waals surface area contributed by atoms with E-state index in [4.69, 9.17) is 0 Å². The fourth-order valence-electron chi connectivity index (χ4n) is 2.04. The normalized spacial score (nSPS) is 16.2. The van der Waals surface area contributed by atoms with Gasteiger partial charge in [0.15, 0.2) is 0 Å². The minimum atomic E-state index is 0.233. The monoisotopic (exact) mass is 227 g/mol. The maximum atomic E-state index is 10.8. The Morgan fingerprint density at radius 1 is 1.19 bits per heavy atom. The summed E-state index contributed by atoms with van der Waals surface area (Å²) < 4.78 is 0. The number of carbonyl (C=O) groups excluding carboxylic acids is 1. The van der Waals surface area contributed by atoms with Crippen LogP contribution >= 0.6 is 0 Å². The number of hydrogen-bond acceptors (Lipinski definition) is 1. The van der Waals surface area contributed by atoms with Crippen LogP contribution in [0.2, 0.25) is 0 Å². The van der Waals surface area contributed by atoms with Gasteiger partial charge in [0, 0.05) is 20.0 Å². The van der Waals surface area contributed by atoms with Crippen LogP contribution in [0.5, 0.6) is 0 Å². The number of nitrogens with zero attached hydrogens (tertiary/aromatic N) is 1. The predicted octanol–water partition coefficient (Wildman–Crippen LogP) is 3.85. The molecule has 0 aliphatic heterocycles. The summed E-state index contributed by atoms with van der Waals surface area (Å²) in [6.45, 7) is 7.19. The molecule has 0 unspecified atom stereocenters. The highest BCUT2D eigenvalue weighted by atomic mass is 16.2. The van der Waals surface area contributed by atoms with E-state index in [1.807, 2.05) is 14.0 Å². The molecule has 0 aromatic rings. The summed E-state index contributed by atoms with van der Waals surface area (Å²) in [4.78, 5) is 12.6. The van der Waals surface area contributed by atoms with Gasteiger partial charge in [0.25, 0.3) is 0 Å². The number of rotatable bonds is 3. The second-order valence-electron chi connectivity index (χ2n) is 4.91.